The number of benzene rings is 1. The van der Waals surface area contributed by atoms with E-state index < -0.39 is 5.41 Å². The van der Waals surface area contributed by atoms with Gasteiger partial charge < -0.3 is 9.47 Å². The second kappa shape index (κ2) is 6.57. The van der Waals surface area contributed by atoms with Crippen LogP contribution in [0, 0.1) is 5.41 Å². The van der Waals surface area contributed by atoms with Gasteiger partial charge in [-0.3, -0.25) is 9.59 Å². The predicted octanol–water partition coefficient (Wildman–Crippen LogP) is 3.74. The molecule has 1 amide bonds. The van der Waals surface area contributed by atoms with Crippen molar-refractivity contribution in [3.05, 3.63) is 36.0 Å². The first-order valence-electron chi connectivity index (χ1n) is 8.20. The summed E-state index contributed by atoms with van der Waals surface area (Å²) in [7, 11) is 0. The van der Waals surface area contributed by atoms with E-state index in [0.717, 1.165) is 10.9 Å². The second-order valence-electron chi connectivity index (χ2n) is 6.83. The fourth-order valence-electron chi connectivity index (χ4n) is 2.78. The minimum absolute atomic E-state index is 0.0745. The lowest BCUT2D eigenvalue weighted by molar-refractivity contribution is -0.131. The highest BCUT2D eigenvalue weighted by Crippen LogP contribution is 2.28. The molecule has 0 aliphatic heterocycles. The molecule has 0 saturated carbocycles. The molecule has 0 fully saturated rings. The number of likely N-dealkylation sites (N-methyl/N-ethyl adjacent to an activating group) is 1. The first kappa shape index (κ1) is 17.3. The summed E-state index contributed by atoms with van der Waals surface area (Å²) in [6, 6.07) is 7.78. The van der Waals surface area contributed by atoms with Gasteiger partial charge in [-0.15, -0.1) is 0 Å². The molecule has 0 aliphatic rings. The average molecular weight is 314 g/mol. The Morgan fingerprint density at radius 3 is 2.26 bits per heavy atom. The lowest BCUT2D eigenvalue weighted by Gasteiger charge is -2.19. The molecule has 0 saturated heterocycles. The van der Waals surface area contributed by atoms with E-state index >= 15 is 0 Å². The van der Waals surface area contributed by atoms with Gasteiger partial charge >= 0.3 is 0 Å². The molecule has 1 heterocycles. The fourth-order valence-corrected chi connectivity index (χ4v) is 2.78. The van der Waals surface area contributed by atoms with Crippen LogP contribution in [-0.2, 0) is 11.3 Å². The Hall–Kier alpha value is -2.10. The second-order valence-corrected chi connectivity index (χ2v) is 6.83. The van der Waals surface area contributed by atoms with Crippen LogP contribution >= 0.6 is 0 Å². The lowest BCUT2D eigenvalue weighted by atomic mass is 9.86. The largest absolute Gasteiger partial charge is 0.342 e. The maximum absolute atomic E-state index is 12.7. The summed E-state index contributed by atoms with van der Waals surface area (Å²) in [5.41, 5.74) is 1.18. The fraction of sp³-hybridized carbons (Fsp3) is 0.474. The summed E-state index contributed by atoms with van der Waals surface area (Å²) >= 11 is 0. The first-order chi connectivity index (χ1) is 10.8. The van der Waals surface area contributed by atoms with Crippen LogP contribution in [0.1, 0.15) is 45.0 Å². The number of para-hydroxylation sites is 1. The number of carbonyl (C=O) groups is 2. The summed E-state index contributed by atoms with van der Waals surface area (Å²) in [4.78, 5) is 26.9. The molecular weight excluding hydrogens is 288 g/mol. The highest BCUT2D eigenvalue weighted by atomic mass is 16.2. The van der Waals surface area contributed by atoms with E-state index in [1.54, 1.807) is 4.90 Å². The molecule has 23 heavy (non-hydrogen) atoms. The van der Waals surface area contributed by atoms with Gasteiger partial charge in [0, 0.05) is 41.2 Å². The van der Waals surface area contributed by atoms with Crippen LogP contribution in [0.25, 0.3) is 10.9 Å². The van der Waals surface area contributed by atoms with E-state index in [4.69, 9.17) is 0 Å². The number of carbonyl (C=O) groups excluding carboxylic acids is 2. The number of Topliss-reactive ketones (excluding diaryl/α,β-unsaturated/α-hetero) is 1. The maximum atomic E-state index is 12.7. The smallest absolute Gasteiger partial charge is 0.242 e. The molecule has 4 heteroatoms. The summed E-state index contributed by atoms with van der Waals surface area (Å²) in [6.07, 6.45) is 1.83. The number of hydrogen-bond donors (Lipinski definition) is 0. The van der Waals surface area contributed by atoms with E-state index in [2.05, 4.69) is 0 Å². The summed E-state index contributed by atoms with van der Waals surface area (Å²) in [5.74, 6) is 0.174. The zero-order valence-electron chi connectivity index (χ0n) is 14.7. The van der Waals surface area contributed by atoms with Crippen molar-refractivity contribution >= 4 is 22.6 Å². The van der Waals surface area contributed by atoms with Gasteiger partial charge in [0.15, 0.2) is 5.78 Å². The van der Waals surface area contributed by atoms with Gasteiger partial charge in [-0.25, -0.2) is 0 Å². The number of nitrogens with zero attached hydrogens (tertiary/aromatic N) is 2. The quantitative estimate of drug-likeness (QED) is 0.789. The standard InChI is InChI=1S/C19H26N2O2/c1-6-20(7-2)17(22)13-21-12-15(18(23)19(3,4)5)14-10-8-9-11-16(14)21/h8-12H,6-7,13H2,1-5H3. The summed E-state index contributed by atoms with van der Waals surface area (Å²) in [6.45, 7) is 11.4. The predicted molar refractivity (Wildman–Crippen MR) is 93.7 cm³/mol. The van der Waals surface area contributed by atoms with Gasteiger partial charge in [-0.05, 0) is 19.9 Å². The molecule has 124 valence electrons. The molecule has 4 nitrogen and oxygen atoms in total. The Morgan fingerprint density at radius 1 is 1.09 bits per heavy atom. The number of amides is 1. The first-order valence-corrected chi connectivity index (χ1v) is 8.20. The number of ketones is 1. The topological polar surface area (TPSA) is 42.3 Å². The summed E-state index contributed by atoms with van der Waals surface area (Å²) in [5, 5.41) is 0.916. The normalized spacial score (nSPS) is 11.7. The summed E-state index contributed by atoms with van der Waals surface area (Å²) < 4.78 is 1.90. The third-order valence-electron chi connectivity index (χ3n) is 4.14. The third-order valence-corrected chi connectivity index (χ3v) is 4.14. The van der Waals surface area contributed by atoms with Gasteiger partial charge in [-0.2, -0.15) is 0 Å². The van der Waals surface area contributed by atoms with Crippen molar-refractivity contribution in [2.75, 3.05) is 13.1 Å². The van der Waals surface area contributed by atoms with Crippen LogP contribution in [0.15, 0.2) is 30.5 Å². The zero-order chi connectivity index (χ0) is 17.2. The molecule has 0 radical (unpaired) electrons. The van der Waals surface area contributed by atoms with Gasteiger partial charge in [0.05, 0.1) is 0 Å². The molecule has 2 aromatic rings. The van der Waals surface area contributed by atoms with Crippen molar-refractivity contribution in [1.29, 1.82) is 0 Å². The van der Waals surface area contributed by atoms with Crippen LogP contribution in [0.3, 0.4) is 0 Å². The van der Waals surface area contributed by atoms with Crippen molar-refractivity contribution in [3.63, 3.8) is 0 Å². The van der Waals surface area contributed by atoms with E-state index in [1.165, 1.54) is 0 Å². The van der Waals surface area contributed by atoms with Crippen LogP contribution in [0.5, 0.6) is 0 Å². The van der Waals surface area contributed by atoms with Gasteiger partial charge in [-0.1, -0.05) is 39.0 Å². The van der Waals surface area contributed by atoms with E-state index in [9.17, 15) is 9.59 Å². The molecule has 0 aliphatic carbocycles. The van der Waals surface area contributed by atoms with Crippen LogP contribution in [0.2, 0.25) is 0 Å². The molecule has 1 aromatic heterocycles. The molecule has 0 unspecified atom stereocenters. The number of fused-ring (bicyclic) bond motifs is 1. The Morgan fingerprint density at radius 2 is 1.70 bits per heavy atom. The molecule has 0 spiro atoms. The highest BCUT2D eigenvalue weighted by Gasteiger charge is 2.26. The Labute approximate surface area is 138 Å². The monoisotopic (exact) mass is 314 g/mol. The van der Waals surface area contributed by atoms with Crippen molar-refractivity contribution in [1.82, 2.24) is 9.47 Å². The average Bonchev–Trinajstić information content (AvgIpc) is 2.85. The van der Waals surface area contributed by atoms with Crippen LogP contribution < -0.4 is 0 Å². The Kier molecular flexibility index (Phi) is 4.93. The molecule has 0 bridgehead atoms. The zero-order valence-corrected chi connectivity index (χ0v) is 14.7. The van der Waals surface area contributed by atoms with Gasteiger partial charge in [0.25, 0.3) is 0 Å². The number of hydrogen-bond acceptors (Lipinski definition) is 2. The maximum Gasteiger partial charge on any atom is 0.242 e. The molecule has 0 N–H and O–H groups in total. The third kappa shape index (κ3) is 3.46. The van der Waals surface area contributed by atoms with E-state index in [1.807, 2.05) is 69.6 Å². The molecule has 0 atom stereocenters. The van der Waals surface area contributed by atoms with Crippen molar-refractivity contribution in [2.24, 2.45) is 5.41 Å². The van der Waals surface area contributed by atoms with E-state index in [0.29, 0.717) is 18.7 Å². The minimum atomic E-state index is -0.447. The van der Waals surface area contributed by atoms with Crippen molar-refractivity contribution < 1.29 is 9.59 Å². The molecule has 2 rings (SSSR count). The van der Waals surface area contributed by atoms with Gasteiger partial charge in [0.2, 0.25) is 5.91 Å². The Balaban J connectivity index is 2.46. The van der Waals surface area contributed by atoms with E-state index in [-0.39, 0.29) is 18.2 Å². The van der Waals surface area contributed by atoms with Crippen molar-refractivity contribution in [3.8, 4) is 0 Å². The van der Waals surface area contributed by atoms with Gasteiger partial charge in [0.1, 0.15) is 6.54 Å². The number of rotatable bonds is 5. The number of aromatic nitrogens is 1. The van der Waals surface area contributed by atoms with Crippen LogP contribution in [0.4, 0.5) is 0 Å². The molecule has 1 aromatic carbocycles. The highest BCUT2D eigenvalue weighted by molar-refractivity contribution is 6.10. The van der Waals surface area contributed by atoms with Crippen LogP contribution in [-0.4, -0.2) is 34.2 Å². The molecular formula is C19H26N2O2. The Bertz CT molecular complexity index is 719. The van der Waals surface area contributed by atoms with Crippen molar-refractivity contribution in [2.45, 2.75) is 41.2 Å². The minimum Gasteiger partial charge on any atom is -0.342 e. The SMILES string of the molecule is CCN(CC)C(=O)Cn1cc(C(=O)C(C)(C)C)c2ccccc21. The lowest BCUT2D eigenvalue weighted by Crippen LogP contribution is -2.33.